The van der Waals surface area contributed by atoms with Crippen molar-refractivity contribution in [1.29, 1.82) is 0 Å². The average Bonchev–Trinajstić information content (AvgIpc) is 2.56. The number of carbonyl (C=O) groups excluding carboxylic acids is 2. The van der Waals surface area contributed by atoms with Crippen LogP contribution < -0.4 is 14.9 Å². The number of amides is 1. The van der Waals surface area contributed by atoms with Gasteiger partial charge in [0.15, 0.2) is 11.5 Å². The van der Waals surface area contributed by atoms with Gasteiger partial charge < -0.3 is 14.2 Å². The number of ether oxygens (including phenoxy) is 3. The predicted molar refractivity (Wildman–Crippen MR) is 87.3 cm³/mol. The highest BCUT2D eigenvalue weighted by molar-refractivity contribution is 5.84. The summed E-state index contributed by atoms with van der Waals surface area (Å²) in [5.74, 6) is 0.133. The number of morpholine rings is 1. The van der Waals surface area contributed by atoms with Gasteiger partial charge in [0.2, 0.25) is 0 Å². The third-order valence-corrected chi connectivity index (χ3v) is 3.32. The SMILES string of the molecule is COc1cc(C=NNC(=O)CN2CCOCC2)ccc1OC(C)=O. The van der Waals surface area contributed by atoms with Crippen LogP contribution in [0, 0.1) is 0 Å². The minimum Gasteiger partial charge on any atom is -0.493 e. The number of nitrogens with zero attached hydrogens (tertiary/aromatic N) is 2. The molecule has 1 heterocycles. The number of esters is 1. The largest absolute Gasteiger partial charge is 0.493 e. The van der Waals surface area contributed by atoms with Crippen molar-refractivity contribution in [1.82, 2.24) is 10.3 Å². The van der Waals surface area contributed by atoms with Gasteiger partial charge in [-0.25, -0.2) is 5.43 Å². The van der Waals surface area contributed by atoms with Crippen LogP contribution in [-0.4, -0.2) is 62.9 Å². The molecular weight excluding hydrogens is 314 g/mol. The van der Waals surface area contributed by atoms with E-state index in [0.29, 0.717) is 30.3 Å². The summed E-state index contributed by atoms with van der Waals surface area (Å²) >= 11 is 0. The lowest BCUT2D eigenvalue weighted by atomic mass is 10.2. The second kappa shape index (κ2) is 8.99. The third kappa shape index (κ3) is 5.64. The van der Waals surface area contributed by atoms with Crippen LogP contribution in [0.1, 0.15) is 12.5 Å². The highest BCUT2D eigenvalue weighted by Crippen LogP contribution is 2.27. The molecular formula is C16H21N3O5. The van der Waals surface area contributed by atoms with Crippen LogP contribution in [0.5, 0.6) is 11.5 Å². The number of methoxy groups -OCH3 is 1. The molecule has 1 N–H and O–H groups in total. The summed E-state index contributed by atoms with van der Waals surface area (Å²) in [6.45, 7) is 4.38. The highest BCUT2D eigenvalue weighted by atomic mass is 16.6. The molecule has 1 amide bonds. The molecule has 1 saturated heterocycles. The molecule has 0 radical (unpaired) electrons. The first-order valence-corrected chi connectivity index (χ1v) is 7.57. The molecule has 130 valence electrons. The monoisotopic (exact) mass is 335 g/mol. The Bertz CT molecular complexity index is 612. The smallest absolute Gasteiger partial charge is 0.308 e. The number of rotatable bonds is 6. The van der Waals surface area contributed by atoms with E-state index in [9.17, 15) is 9.59 Å². The van der Waals surface area contributed by atoms with Gasteiger partial charge in [-0.3, -0.25) is 14.5 Å². The minimum absolute atomic E-state index is 0.184. The molecule has 1 fully saturated rings. The number of carbonyl (C=O) groups is 2. The average molecular weight is 335 g/mol. The Labute approximate surface area is 140 Å². The highest BCUT2D eigenvalue weighted by Gasteiger charge is 2.13. The standard InChI is InChI=1S/C16H21N3O5/c1-12(20)24-14-4-3-13(9-15(14)22-2)10-17-18-16(21)11-19-5-7-23-8-6-19/h3-4,9-10H,5-8,11H2,1-2H3,(H,18,21). The molecule has 0 atom stereocenters. The normalized spacial score (nSPS) is 15.2. The number of hydrazone groups is 1. The molecule has 8 nitrogen and oxygen atoms in total. The Hall–Kier alpha value is -2.45. The molecule has 1 aromatic carbocycles. The molecule has 0 bridgehead atoms. The van der Waals surface area contributed by atoms with E-state index in [1.807, 2.05) is 4.90 Å². The summed E-state index contributed by atoms with van der Waals surface area (Å²) in [6, 6.07) is 4.98. The maximum atomic E-state index is 11.8. The van der Waals surface area contributed by atoms with E-state index in [-0.39, 0.29) is 12.5 Å². The van der Waals surface area contributed by atoms with Gasteiger partial charge in [-0.2, -0.15) is 5.10 Å². The first kappa shape index (κ1) is 17.9. The second-order valence-corrected chi connectivity index (χ2v) is 5.19. The molecule has 2 rings (SSSR count). The van der Waals surface area contributed by atoms with Crippen molar-refractivity contribution in [3.05, 3.63) is 23.8 Å². The molecule has 0 aliphatic carbocycles. The van der Waals surface area contributed by atoms with E-state index < -0.39 is 5.97 Å². The van der Waals surface area contributed by atoms with Gasteiger partial charge in [0.25, 0.3) is 5.91 Å². The fourth-order valence-electron chi connectivity index (χ4n) is 2.18. The van der Waals surface area contributed by atoms with Crippen LogP contribution in [0.2, 0.25) is 0 Å². The molecule has 1 aliphatic rings. The van der Waals surface area contributed by atoms with Gasteiger partial charge in [-0.05, 0) is 23.8 Å². The van der Waals surface area contributed by atoms with Crippen molar-refractivity contribution in [2.24, 2.45) is 5.10 Å². The maximum Gasteiger partial charge on any atom is 0.308 e. The summed E-state index contributed by atoms with van der Waals surface area (Å²) in [7, 11) is 1.48. The Morgan fingerprint density at radius 1 is 1.33 bits per heavy atom. The van der Waals surface area contributed by atoms with Crippen LogP contribution in [0.25, 0.3) is 0 Å². The van der Waals surface area contributed by atoms with Crippen molar-refractivity contribution in [3.8, 4) is 11.5 Å². The van der Waals surface area contributed by atoms with Crippen molar-refractivity contribution in [2.45, 2.75) is 6.92 Å². The van der Waals surface area contributed by atoms with Gasteiger partial charge >= 0.3 is 5.97 Å². The Kier molecular flexibility index (Phi) is 6.71. The van der Waals surface area contributed by atoms with E-state index in [1.165, 1.54) is 20.2 Å². The van der Waals surface area contributed by atoms with Crippen molar-refractivity contribution in [3.63, 3.8) is 0 Å². The zero-order chi connectivity index (χ0) is 17.4. The quantitative estimate of drug-likeness (QED) is 0.350. The molecule has 1 aromatic rings. The first-order valence-electron chi connectivity index (χ1n) is 7.57. The third-order valence-electron chi connectivity index (χ3n) is 3.32. The molecule has 0 saturated carbocycles. The van der Waals surface area contributed by atoms with Crippen LogP contribution in [-0.2, 0) is 14.3 Å². The number of nitrogens with one attached hydrogen (secondary N) is 1. The fraction of sp³-hybridized carbons (Fsp3) is 0.438. The van der Waals surface area contributed by atoms with Gasteiger partial charge in [0.1, 0.15) is 0 Å². The van der Waals surface area contributed by atoms with Gasteiger partial charge in [0.05, 0.1) is 33.1 Å². The van der Waals surface area contributed by atoms with E-state index in [0.717, 1.165) is 13.1 Å². The minimum atomic E-state index is -0.426. The van der Waals surface area contributed by atoms with Crippen LogP contribution >= 0.6 is 0 Å². The van der Waals surface area contributed by atoms with Crippen molar-refractivity contribution < 1.29 is 23.8 Å². The van der Waals surface area contributed by atoms with E-state index in [2.05, 4.69) is 10.5 Å². The fourth-order valence-corrected chi connectivity index (χ4v) is 2.18. The molecule has 8 heteroatoms. The molecule has 24 heavy (non-hydrogen) atoms. The molecule has 0 unspecified atom stereocenters. The van der Waals surface area contributed by atoms with Crippen LogP contribution in [0.4, 0.5) is 0 Å². The van der Waals surface area contributed by atoms with E-state index in [1.54, 1.807) is 18.2 Å². The van der Waals surface area contributed by atoms with E-state index >= 15 is 0 Å². The Balaban J connectivity index is 1.88. The zero-order valence-corrected chi connectivity index (χ0v) is 13.8. The predicted octanol–water partition coefficient (Wildman–Crippen LogP) is 0.403. The first-order chi connectivity index (χ1) is 11.6. The number of hydrogen-bond donors (Lipinski definition) is 1. The van der Waals surface area contributed by atoms with Crippen LogP contribution in [0.15, 0.2) is 23.3 Å². The molecule has 0 spiro atoms. The van der Waals surface area contributed by atoms with Crippen molar-refractivity contribution in [2.75, 3.05) is 40.0 Å². The summed E-state index contributed by atoms with van der Waals surface area (Å²) in [4.78, 5) is 24.8. The second-order valence-electron chi connectivity index (χ2n) is 5.19. The zero-order valence-electron chi connectivity index (χ0n) is 13.8. The van der Waals surface area contributed by atoms with Gasteiger partial charge in [0, 0.05) is 20.0 Å². The molecule has 1 aliphatic heterocycles. The summed E-state index contributed by atoms with van der Waals surface area (Å²) in [6.07, 6.45) is 1.50. The van der Waals surface area contributed by atoms with Gasteiger partial charge in [-0.15, -0.1) is 0 Å². The Morgan fingerprint density at radius 3 is 2.75 bits per heavy atom. The lowest BCUT2D eigenvalue weighted by Gasteiger charge is -2.25. The molecule has 0 aromatic heterocycles. The maximum absolute atomic E-state index is 11.8. The van der Waals surface area contributed by atoms with Crippen LogP contribution in [0.3, 0.4) is 0 Å². The summed E-state index contributed by atoms with van der Waals surface area (Å²) < 4.78 is 15.4. The number of benzene rings is 1. The topological polar surface area (TPSA) is 89.5 Å². The Morgan fingerprint density at radius 2 is 2.08 bits per heavy atom. The van der Waals surface area contributed by atoms with Gasteiger partial charge in [-0.1, -0.05) is 0 Å². The lowest BCUT2D eigenvalue weighted by Crippen LogP contribution is -2.42. The lowest BCUT2D eigenvalue weighted by molar-refractivity contribution is -0.132. The number of hydrogen-bond acceptors (Lipinski definition) is 7. The van der Waals surface area contributed by atoms with Crippen molar-refractivity contribution >= 4 is 18.1 Å². The van der Waals surface area contributed by atoms with E-state index in [4.69, 9.17) is 14.2 Å². The summed E-state index contributed by atoms with van der Waals surface area (Å²) in [5, 5.41) is 3.93. The summed E-state index contributed by atoms with van der Waals surface area (Å²) in [5.41, 5.74) is 3.19.